The van der Waals surface area contributed by atoms with Crippen LogP contribution in [-0.4, -0.2) is 15.0 Å². The number of nitrogen functional groups attached to an aromatic ring is 1. The summed E-state index contributed by atoms with van der Waals surface area (Å²) in [5.41, 5.74) is 7.84. The second-order valence-corrected chi connectivity index (χ2v) is 4.36. The quantitative estimate of drug-likeness (QED) is 0.745. The van der Waals surface area contributed by atoms with Crippen LogP contribution in [0.15, 0.2) is 42.5 Å². The maximum absolute atomic E-state index is 5.71. The zero-order chi connectivity index (χ0) is 12.5. The van der Waals surface area contributed by atoms with Gasteiger partial charge in [0.2, 0.25) is 0 Å². The number of fused-ring (bicyclic) bond motifs is 1. The Hall–Kier alpha value is -2.36. The van der Waals surface area contributed by atoms with E-state index in [-0.39, 0.29) is 0 Å². The van der Waals surface area contributed by atoms with Crippen molar-refractivity contribution >= 4 is 16.6 Å². The van der Waals surface area contributed by atoms with Gasteiger partial charge in [0.15, 0.2) is 5.82 Å². The molecule has 0 atom stereocenters. The molecule has 0 saturated carbocycles. The summed E-state index contributed by atoms with van der Waals surface area (Å²) in [6.45, 7) is 2.62. The maximum Gasteiger partial charge on any atom is 0.168 e. The van der Waals surface area contributed by atoms with Crippen LogP contribution in [0.4, 0.5) is 5.82 Å². The van der Waals surface area contributed by atoms with Gasteiger partial charge in [0, 0.05) is 0 Å². The summed E-state index contributed by atoms with van der Waals surface area (Å²) in [7, 11) is 0. The normalized spacial score (nSPS) is 10.9. The molecule has 1 aromatic heterocycles. The van der Waals surface area contributed by atoms with Gasteiger partial charge >= 0.3 is 0 Å². The molecule has 1 heterocycles. The van der Waals surface area contributed by atoms with Crippen LogP contribution < -0.4 is 5.73 Å². The minimum absolute atomic E-state index is 0.496. The van der Waals surface area contributed by atoms with E-state index >= 15 is 0 Å². The molecule has 4 nitrogen and oxygen atoms in total. The minimum atomic E-state index is 0.496. The molecule has 0 amide bonds. The fourth-order valence-electron chi connectivity index (χ4n) is 2.12. The lowest BCUT2D eigenvalue weighted by atomic mass is 10.0. The number of hydrogen-bond acceptors (Lipinski definition) is 3. The first-order valence-electron chi connectivity index (χ1n) is 5.88. The molecule has 0 radical (unpaired) electrons. The SMILES string of the molecule is Cc1c(N)nnn1Cc1cccc2ccccc12. The van der Waals surface area contributed by atoms with Gasteiger partial charge in [0.05, 0.1) is 12.2 Å². The standard InChI is InChI=1S/C14H14N4/c1-10-14(15)16-17-18(10)9-12-7-4-6-11-5-2-3-8-13(11)12/h2-8H,9,15H2,1H3. The summed E-state index contributed by atoms with van der Waals surface area (Å²) in [5.74, 6) is 0.496. The molecule has 0 bridgehead atoms. The Kier molecular flexibility index (Phi) is 2.48. The Morgan fingerprint density at radius 1 is 1.11 bits per heavy atom. The molecule has 0 fully saturated rings. The zero-order valence-electron chi connectivity index (χ0n) is 10.2. The summed E-state index contributed by atoms with van der Waals surface area (Å²) < 4.78 is 1.83. The van der Waals surface area contributed by atoms with Crippen LogP contribution in [0, 0.1) is 6.92 Å². The number of anilines is 1. The van der Waals surface area contributed by atoms with E-state index in [0.717, 1.165) is 5.69 Å². The first-order valence-corrected chi connectivity index (χ1v) is 5.88. The van der Waals surface area contributed by atoms with Gasteiger partial charge in [-0.3, -0.25) is 0 Å². The van der Waals surface area contributed by atoms with Crippen LogP contribution in [0.25, 0.3) is 10.8 Å². The van der Waals surface area contributed by atoms with Gasteiger partial charge in [-0.15, -0.1) is 5.10 Å². The van der Waals surface area contributed by atoms with Crippen molar-refractivity contribution in [2.24, 2.45) is 0 Å². The van der Waals surface area contributed by atoms with Crippen molar-refractivity contribution in [3.63, 3.8) is 0 Å². The molecular weight excluding hydrogens is 224 g/mol. The molecule has 0 unspecified atom stereocenters. The highest BCUT2D eigenvalue weighted by Crippen LogP contribution is 2.20. The highest BCUT2D eigenvalue weighted by molar-refractivity contribution is 5.85. The highest BCUT2D eigenvalue weighted by Gasteiger charge is 2.07. The topological polar surface area (TPSA) is 56.7 Å². The lowest BCUT2D eigenvalue weighted by molar-refractivity contribution is 0.636. The highest BCUT2D eigenvalue weighted by atomic mass is 15.4. The Labute approximate surface area is 105 Å². The number of rotatable bonds is 2. The molecule has 90 valence electrons. The van der Waals surface area contributed by atoms with Crippen molar-refractivity contribution in [2.75, 3.05) is 5.73 Å². The second kappa shape index (κ2) is 4.14. The van der Waals surface area contributed by atoms with Crippen molar-refractivity contribution in [2.45, 2.75) is 13.5 Å². The second-order valence-electron chi connectivity index (χ2n) is 4.36. The third kappa shape index (κ3) is 1.72. The fraction of sp³-hybridized carbons (Fsp3) is 0.143. The van der Waals surface area contributed by atoms with E-state index < -0.39 is 0 Å². The van der Waals surface area contributed by atoms with E-state index in [9.17, 15) is 0 Å². The number of hydrogen-bond donors (Lipinski definition) is 1. The summed E-state index contributed by atoms with van der Waals surface area (Å²) in [4.78, 5) is 0. The molecule has 0 spiro atoms. The predicted molar refractivity (Wildman–Crippen MR) is 72.2 cm³/mol. The minimum Gasteiger partial charge on any atom is -0.381 e. The Balaban J connectivity index is 2.08. The first-order chi connectivity index (χ1) is 8.75. The Morgan fingerprint density at radius 2 is 1.89 bits per heavy atom. The van der Waals surface area contributed by atoms with Gasteiger partial charge in [-0.05, 0) is 23.3 Å². The number of benzene rings is 2. The third-order valence-electron chi connectivity index (χ3n) is 3.22. The molecule has 2 aromatic carbocycles. The smallest absolute Gasteiger partial charge is 0.168 e. The molecule has 3 rings (SSSR count). The van der Waals surface area contributed by atoms with Crippen molar-refractivity contribution in [1.29, 1.82) is 0 Å². The number of nitrogens with zero attached hydrogens (tertiary/aromatic N) is 3. The van der Waals surface area contributed by atoms with Gasteiger partial charge < -0.3 is 5.73 Å². The van der Waals surface area contributed by atoms with E-state index in [4.69, 9.17) is 5.73 Å². The first kappa shape index (κ1) is 10.8. The molecule has 2 N–H and O–H groups in total. The average molecular weight is 238 g/mol. The predicted octanol–water partition coefficient (Wildman–Crippen LogP) is 2.37. The lowest BCUT2D eigenvalue weighted by Gasteiger charge is -2.07. The number of nitrogens with two attached hydrogens (primary N) is 1. The van der Waals surface area contributed by atoms with E-state index in [1.165, 1.54) is 16.3 Å². The van der Waals surface area contributed by atoms with E-state index in [0.29, 0.717) is 12.4 Å². The lowest BCUT2D eigenvalue weighted by Crippen LogP contribution is -2.04. The van der Waals surface area contributed by atoms with Crippen LogP contribution in [0.3, 0.4) is 0 Å². The van der Waals surface area contributed by atoms with Crippen molar-refractivity contribution in [1.82, 2.24) is 15.0 Å². The summed E-state index contributed by atoms with van der Waals surface area (Å²) in [6.07, 6.45) is 0. The van der Waals surface area contributed by atoms with Crippen LogP contribution in [0.5, 0.6) is 0 Å². The van der Waals surface area contributed by atoms with E-state index in [1.807, 2.05) is 23.7 Å². The Bertz CT molecular complexity index is 695. The average Bonchev–Trinajstić information content (AvgIpc) is 2.71. The molecule has 4 heteroatoms. The molecule has 3 aromatic rings. The van der Waals surface area contributed by atoms with Crippen molar-refractivity contribution < 1.29 is 0 Å². The molecular formula is C14H14N4. The van der Waals surface area contributed by atoms with Crippen molar-refractivity contribution in [3.05, 3.63) is 53.7 Å². The number of aromatic nitrogens is 3. The van der Waals surface area contributed by atoms with Gasteiger partial charge in [-0.1, -0.05) is 47.7 Å². The van der Waals surface area contributed by atoms with E-state index in [1.54, 1.807) is 0 Å². The third-order valence-corrected chi connectivity index (χ3v) is 3.22. The summed E-state index contributed by atoms with van der Waals surface area (Å²) in [5, 5.41) is 10.4. The summed E-state index contributed by atoms with van der Waals surface area (Å²) >= 11 is 0. The molecule has 0 aliphatic carbocycles. The maximum atomic E-state index is 5.71. The summed E-state index contributed by atoms with van der Waals surface area (Å²) in [6, 6.07) is 14.6. The fourth-order valence-corrected chi connectivity index (χ4v) is 2.12. The molecule has 0 saturated heterocycles. The van der Waals surface area contributed by atoms with Gasteiger partial charge in [0.25, 0.3) is 0 Å². The van der Waals surface area contributed by atoms with Gasteiger partial charge in [-0.25, -0.2) is 4.68 Å². The van der Waals surface area contributed by atoms with Crippen LogP contribution in [0.2, 0.25) is 0 Å². The van der Waals surface area contributed by atoms with Crippen molar-refractivity contribution in [3.8, 4) is 0 Å². The van der Waals surface area contributed by atoms with Crippen LogP contribution in [-0.2, 0) is 6.54 Å². The van der Waals surface area contributed by atoms with Crippen LogP contribution >= 0.6 is 0 Å². The van der Waals surface area contributed by atoms with Crippen LogP contribution in [0.1, 0.15) is 11.3 Å². The zero-order valence-corrected chi connectivity index (χ0v) is 10.2. The Morgan fingerprint density at radius 3 is 2.67 bits per heavy atom. The van der Waals surface area contributed by atoms with E-state index in [2.05, 4.69) is 40.6 Å². The largest absolute Gasteiger partial charge is 0.381 e. The molecule has 0 aliphatic rings. The molecule has 0 aliphatic heterocycles. The monoisotopic (exact) mass is 238 g/mol. The van der Waals surface area contributed by atoms with Gasteiger partial charge in [-0.2, -0.15) is 0 Å². The molecule has 18 heavy (non-hydrogen) atoms. The van der Waals surface area contributed by atoms with Gasteiger partial charge in [0.1, 0.15) is 0 Å².